The first-order valence-electron chi connectivity index (χ1n) is 11.2. The summed E-state index contributed by atoms with van der Waals surface area (Å²) in [6.07, 6.45) is 0.767. The van der Waals surface area contributed by atoms with Gasteiger partial charge < -0.3 is 15.6 Å². The van der Waals surface area contributed by atoms with Crippen molar-refractivity contribution in [3.63, 3.8) is 0 Å². The zero-order valence-electron chi connectivity index (χ0n) is 19.2. The van der Waals surface area contributed by atoms with Crippen LogP contribution >= 0.6 is 0 Å². The van der Waals surface area contributed by atoms with Gasteiger partial charge in [0.2, 0.25) is 5.91 Å². The lowest BCUT2D eigenvalue weighted by Crippen LogP contribution is -2.61. The van der Waals surface area contributed by atoms with Gasteiger partial charge in [-0.2, -0.15) is 5.26 Å². The maximum absolute atomic E-state index is 15.1. The van der Waals surface area contributed by atoms with Crippen LogP contribution in [0, 0.1) is 34.5 Å². The first-order valence-corrected chi connectivity index (χ1v) is 11.2. The number of nitriles is 1. The number of pyridine rings is 1. The lowest BCUT2D eigenvalue weighted by atomic mass is 9.54. The second-order valence-corrected chi connectivity index (χ2v) is 9.27. The number of aliphatic hydroxyl groups excluding tert-OH is 1. The van der Waals surface area contributed by atoms with E-state index >= 15 is 8.78 Å². The Morgan fingerprint density at radius 2 is 2.03 bits per heavy atom. The fourth-order valence-electron chi connectivity index (χ4n) is 5.53. The van der Waals surface area contributed by atoms with Gasteiger partial charge in [-0.05, 0) is 31.1 Å². The minimum atomic E-state index is -3.36. The molecule has 7 nitrogen and oxygen atoms in total. The molecule has 2 fully saturated rings. The maximum atomic E-state index is 15.1. The predicted molar refractivity (Wildman–Crippen MR) is 122 cm³/mol. The van der Waals surface area contributed by atoms with Crippen LogP contribution in [-0.4, -0.2) is 40.1 Å². The highest BCUT2D eigenvalue weighted by Crippen LogP contribution is 2.60. The van der Waals surface area contributed by atoms with Gasteiger partial charge in [0.05, 0.1) is 17.3 Å². The van der Waals surface area contributed by atoms with Gasteiger partial charge in [-0.3, -0.25) is 14.6 Å². The molecule has 1 unspecified atom stereocenters. The van der Waals surface area contributed by atoms with Gasteiger partial charge in [0.1, 0.15) is 17.6 Å². The van der Waals surface area contributed by atoms with E-state index in [0.717, 1.165) is 11.1 Å². The number of aliphatic hydroxyl groups is 1. The van der Waals surface area contributed by atoms with Crippen LogP contribution in [0.15, 0.2) is 48.7 Å². The third-order valence-electron chi connectivity index (χ3n) is 7.35. The minimum absolute atomic E-state index is 0.475. The number of amides is 1. The molecule has 9 heteroatoms. The molecule has 2 aliphatic rings. The largest absolute Gasteiger partial charge is 0.462 e. The van der Waals surface area contributed by atoms with E-state index < -0.39 is 59.6 Å². The van der Waals surface area contributed by atoms with Crippen molar-refractivity contribution in [2.75, 3.05) is 0 Å². The summed E-state index contributed by atoms with van der Waals surface area (Å²) in [6.45, 7) is 2.94. The standard InChI is InChI=1S/C26H25F2N3O4/c1-14-19(10-9-18-8-7-17(12-31-18)20-6-4-3-5-16(20)11-29)21-15(2)35-24(34)25(21,13-26(14,27)28)22(32)23(30)33/h3-10,12,14-15,19,21-22,32H,13H2,1-2H3,(H2,30,33)/b10-9+/t14-,15+,19-,21-,22?,25+/m0/s1. The molecular weight excluding hydrogens is 456 g/mol. The molecule has 3 N–H and O–H groups in total. The number of fused-ring (bicyclic) bond motifs is 1. The van der Waals surface area contributed by atoms with Crippen molar-refractivity contribution in [1.82, 2.24) is 4.98 Å². The number of ether oxygens (including phenoxy) is 1. The average molecular weight is 481 g/mol. The van der Waals surface area contributed by atoms with E-state index in [9.17, 15) is 20.0 Å². The third kappa shape index (κ3) is 3.98. The summed E-state index contributed by atoms with van der Waals surface area (Å²) in [4.78, 5) is 28.9. The number of aromatic nitrogens is 1. The topological polar surface area (TPSA) is 126 Å². The molecule has 1 aromatic carbocycles. The lowest BCUT2D eigenvalue weighted by molar-refractivity contribution is -0.192. The van der Waals surface area contributed by atoms with Gasteiger partial charge in [-0.25, -0.2) is 8.78 Å². The summed E-state index contributed by atoms with van der Waals surface area (Å²) in [7, 11) is 0. The highest BCUT2D eigenvalue weighted by molar-refractivity contribution is 5.90. The highest BCUT2D eigenvalue weighted by atomic mass is 19.3. The Bertz CT molecular complexity index is 1220. The molecule has 1 aromatic heterocycles. The van der Waals surface area contributed by atoms with Gasteiger partial charge in [0, 0.05) is 35.6 Å². The number of rotatable bonds is 5. The third-order valence-corrected chi connectivity index (χ3v) is 7.35. The van der Waals surface area contributed by atoms with Crippen LogP contribution in [0.2, 0.25) is 0 Å². The molecule has 1 amide bonds. The van der Waals surface area contributed by atoms with E-state index in [0.29, 0.717) is 11.3 Å². The summed E-state index contributed by atoms with van der Waals surface area (Å²) in [6, 6.07) is 12.7. The number of nitrogens with zero attached hydrogens (tertiary/aromatic N) is 2. The van der Waals surface area contributed by atoms with Gasteiger partial charge in [0.15, 0.2) is 0 Å². The SMILES string of the molecule is C[C@H]1OC(=O)[C@]2(C(O)C(N)=O)CC(F)(F)[C@@H](C)[C@H](/C=C/c3ccc(-c4ccccc4C#N)cn3)[C@H]12. The van der Waals surface area contributed by atoms with Crippen LogP contribution in [0.4, 0.5) is 8.78 Å². The van der Waals surface area contributed by atoms with Crippen LogP contribution in [0.5, 0.6) is 0 Å². The van der Waals surface area contributed by atoms with Crippen molar-refractivity contribution in [1.29, 1.82) is 5.26 Å². The molecule has 2 aromatic rings. The first-order chi connectivity index (χ1) is 16.5. The van der Waals surface area contributed by atoms with Crippen LogP contribution in [0.1, 0.15) is 31.5 Å². The summed E-state index contributed by atoms with van der Waals surface area (Å²) >= 11 is 0. The molecule has 1 saturated heterocycles. The normalized spacial score (nSPS) is 30.3. The average Bonchev–Trinajstić information content (AvgIpc) is 3.08. The molecule has 1 aliphatic carbocycles. The first kappa shape index (κ1) is 24.5. The molecule has 2 heterocycles. The van der Waals surface area contributed by atoms with E-state index in [1.165, 1.54) is 13.0 Å². The second-order valence-electron chi connectivity index (χ2n) is 9.27. The number of carbonyl (C=O) groups is 2. The fraction of sp³-hybridized carbons (Fsp3) is 0.385. The number of halogens is 2. The van der Waals surface area contributed by atoms with Crippen molar-refractivity contribution in [3.8, 4) is 17.2 Å². The number of cyclic esters (lactones) is 1. The number of hydrogen-bond donors (Lipinski definition) is 2. The Hall–Kier alpha value is -3.64. The minimum Gasteiger partial charge on any atom is -0.462 e. The van der Waals surface area contributed by atoms with E-state index in [2.05, 4.69) is 11.1 Å². The molecule has 6 atom stereocenters. The quantitative estimate of drug-likeness (QED) is 0.631. The molecule has 1 aliphatic heterocycles. The van der Waals surface area contributed by atoms with Crippen molar-refractivity contribution >= 4 is 18.0 Å². The van der Waals surface area contributed by atoms with Crippen LogP contribution in [0.3, 0.4) is 0 Å². The van der Waals surface area contributed by atoms with E-state index in [4.69, 9.17) is 10.5 Å². The molecule has 0 spiro atoms. The van der Waals surface area contributed by atoms with Crippen molar-refractivity contribution in [3.05, 3.63) is 59.9 Å². The van der Waals surface area contributed by atoms with E-state index in [1.807, 2.05) is 6.07 Å². The monoisotopic (exact) mass is 481 g/mol. The number of hydrogen-bond acceptors (Lipinski definition) is 6. The Labute approximate surface area is 201 Å². The number of esters is 1. The molecule has 35 heavy (non-hydrogen) atoms. The second kappa shape index (κ2) is 8.86. The van der Waals surface area contributed by atoms with Crippen molar-refractivity contribution in [2.45, 2.75) is 38.4 Å². The molecule has 0 radical (unpaired) electrons. The number of nitrogens with two attached hydrogens (primary N) is 1. The molecule has 1 saturated carbocycles. The maximum Gasteiger partial charge on any atom is 0.316 e. The Kier molecular flexibility index (Phi) is 6.20. The summed E-state index contributed by atoms with van der Waals surface area (Å²) in [5, 5.41) is 19.9. The number of allylic oxidation sites excluding steroid dienone is 1. The lowest BCUT2D eigenvalue weighted by Gasteiger charge is -2.48. The molecule has 182 valence electrons. The van der Waals surface area contributed by atoms with Crippen molar-refractivity contribution in [2.24, 2.45) is 28.9 Å². The van der Waals surface area contributed by atoms with Gasteiger partial charge in [0.25, 0.3) is 5.92 Å². The Morgan fingerprint density at radius 1 is 1.31 bits per heavy atom. The molecule has 4 rings (SSSR count). The number of carbonyl (C=O) groups excluding carboxylic acids is 2. The smallest absolute Gasteiger partial charge is 0.316 e. The van der Waals surface area contributed by atoms with Gasteiger partial charge in [-0.1, -0.05) is 37.3 Å². The molecular formula is C26H25F2N3O4. The Morgan fingerprint density at radius 3 is 2.66 bits per heavy atom. The fourth-order valence-corrected chi connectivity index (χ4v) is 5.53. The predicted octanol–water partition coefficient (Wildman–Crippen LogP) is 3.32. The molecule has 0 bridgehead atoms. The summed E-state index contributed by atoms with van der Waals surface area (Å²) in [5.74, 6) is -8.63. The van der Waals surface area contributed by atoms with E-state index in [-0.39, 0.29) is 0 Å². The number of primary amides is 1. The van der Waals surface area contributed by atoms with Crippen LogP contribution in [-0.2, 0) is 14.3 Å². The summed E-state index contributed by atoms with van der Waals surface area (Å²) < 4.78 is 35.6. The number of alkyl halides is 2. The Balaban J connectivity index is 1.69. The van der Waals surface area contributed by atoms with E-state index in [1.54, 1.807) is 49.5 Å². The van der Waals surface area contributed by atoms with Crippen LogP contribution in [0.25, 0.3) is 17.2 Å². The highest BCUT2D eigenvalue weighted by Gasteiger charge is 2.71. The van der Waals surface area contributed by atoms with Gasteiger partial charge >= 0.3 is 5.97 Å². The zero-order chi connectivity index (χ0) is 25.5. The summed E-state index contributed by atoms with van der Waals surface area (Å²) in [5.41, 5.74) is 5.54. The van der Waals surface area contributed by atoms with Crippen molar-refractivity contribution < 1.29 is 28.2 Å². The zero-order valence-corrected chi connectivity index (χ0v) is 19.2. The van der Waals surface area contributed by atoms with Crippen LogP contribution < -0.4 is 5.73 Å². The number of benzene rings is 1. The van der Waals surface area contributed by atoms with Gasteiger partial charge in [-0.15, -0.1) is 0 Å².